The molecule has 0 spiro atoms. The van der Waals surface area contributed by atoms with Crippen LogP contribution in [0.25, 0.3) is 32.9 Å². The molecule has 0 aliphatic heterocycles. The van der Waals surface area contributed by atoms with Gasteiger partial charge in [0, 0.05) is 57.4 Å². The number of hydrogen-bond donors (Lipinski definition) is 1. The molecule has 1 unspecified atom stereocenters. The zero-order valence-electron chi connectivity index (χ0n) is 43.3. The number of aromatic nitrogens is 5. The lowest BCUT2D eigenvalue weighted by molar-refractivity contribution is -0.140. The first kappa shape index (κ1) is 51.9. The first-order valence-electron chi connectivity index (χ1n) is 24.4. The van der Waals surface area contributed by atoms with E-state index in [1.165, 1.54) is 20.3 Å². The quantitative estimate of drug-likeness (QED) is 0.0758. The molecule has 5 aromatic carbocycles. The predicted molar refractivity (Wildman–Crippen MR) is 288 cm³/mol. The molecule has 0 aliphatic carbocycles. The molecule has 8 aromatic rings. The third-order valence-corrected chi connectivity index (χ3v) is 17.2. The van der Waals surface area contributed by atoms with Crippen molar-refractivity contribution in [3.05, 3.63) is 172 Å². The van der Waals surface area contributed by atoms with Crippen LogP contribution in [0.2, 0.25) is 0 Å². The van der Waals surface area contributed by atoms with Crippen LogP contribution in [0.1, 0.15) is 105 Å². The highest BCUT2D eigenvalue weighted by Crippen LogP contribution is 2.71. The highest BCUT2D eigenvalue weighted by molar-refractivity contribution is 8.31. The monoisotopic (exact) mass is 980 g/mol. The van der Waals surface area contributed by atoms with Crippen LogP contribution >= 0.6 is 10.3 Å². The number of carbonyl (C=O) groups is 2. The minimum atomic E-state index is -2.14. The van der Waals surface area contributed by atoms with Crippen LogP contribution in [0.15, 0.2) is 131 Å². The Morgan fingerprint density at radius 1 is 0.831 bits per heavy atom. The van der Waals surface area contributed by atoms with Gasteiger partial charge in [-0.15, -0.1) is 0 Å². The van der Waals surface area contributed by atoms with Crippen LogP contribution in [0.5, 0.6) is 5.75 Å². The third kappa shape index (κ3) is 10.6. The number of rotatable bonds is 16. The van der Waals surface area contributed by atoms with E-state index in [4.69, 9.17) is 23.9 Å². The van der Waals surface area contributed by atoms with Gasteiger partial charge in [-0.05, 0) is 153 Å². The van der Waals surface area contributed by atoms with Crippen LogP contribution in [0.4, 0.5) is 4.39 Å². The third-order valence-electron chi connectivity index (χ3n) is 13.1. The Bertz CT molecular complexity index is 3170. The highest BCUT2D eigenvalue weighted by Gasteiger charge is 2.43. The maximum Gasteiger partial charge on any atom is 0.354 e. The number of H-pyrrole nitrogens is 1. The predicted octanol–water partition coefficient (Wildman–Crippen LogP) is 14.3. The van der Waals surface area contributed by atoms with Crippen LogP contribution in [-0.2, 0) is 47.1 Å². The Morgan fingerprint density at radius 2 is 1.49 bits per heavy atom. The van der Waals surface area contributed by atoms with E-state index < -0.39 is 16.3 Å². The molecular formula is C59H70FN5O5S. The molecule has 374 valence electrons. The second-order valence-corrected chi connectivity index (χ2v) is 22.2. The van der Waals surface area contributed by atoms with Crippen molar-refractivity contribution in [3.8, 4) is 17.0 Å². The molecule has 71 heavy (non-hydrogen) atoms. The number of aromatic amines is 1. The summed E-state index contributed by atoms with van der Waals surface area (Å²) < 4.78 is 36.2. The summed E-state index contributed by atoms with van der Waals surface area (Å²) in [6.45, 7) is 19.5. The summed E-state index contributed by atoms with van der Waals surface area (Å²) in [5.74, 6) is -0.397. The summed E-state index contributed by atoms with van der Waals surface area (Å²) in [5, 5.41) is 12.4. The van der Waals surface area contributed by atoms with Gasteiger partial charge in [0.1, 0.15) is 17.3 Å². The number of ether oxygens (including phenoxy) is 2. The molecule has 1 N–H and O–H groups in total. The van der Waals surface area contributed by atoms with E-state index in [0.29, 0.717) is 30.6 Å². The first-order valence-corrected chi connectivity index (χ1v) is 26.0. The largest absolute Gasteiger partial charge is 0.469 e. The smallest absolute Gasteiger partial charge is 0.354 e. The number of fused-ring (bicyclic) bond motifs is 2. The highest BCUT2D eigenvalue weighted by atomic mass is 32.3. The topological polar surface area (TPSA) is 113 Å². The maximum absolute atomic E-state index is 14.9. The number of carbonyl (C=O) groups excluding carboxylic acids is 2. The fourth-order valence-corrected chi connectivity index (χ4v) is 13.1. The van der Waals surface area contributed by atoms with Crippen LogP contribution in [0.3, 0.4) is 0 Å². The van der Waals surface area contributed by atoms with Crippen molar-refractivity contribution in [2.45, 2.75) is 115 Å². The van der Waals surface area contributed by atoms with Crippen LogP contribution in [0, 0.1) is 26.6 Å². The average molecular weight is 980 g/mol. The van der Waals surface area contributed by atoms with Gasteiger partial charge in [0.2, 0.25) is 0 Å². The SMILES string of the molecule is CC.COC(=O)CCc1c(C(=O)OC)[nH]c2c(-c3c(C)c(C)nn3C/C=C\C(C)c3cc(CCc4cc(OS(c5ccccc5)(c5ccccc5)C(C)(C)C)c5ccc(F)cc5c4)n(C)n3)c(C)ccc12.[HH]. The summed E-state index contributed by atoms with van der Waals surface area (Å²) in [6.07, 6.45) is 6.14. The number of nitrogens with zero attached hydrogens (tertiary/aromatic N) is 4. The molecule has 3 heterocycles. The number of benzene rings is 5. The zero-order valence-corrected chi connectivity index (χ0v) is 44.1. The molecule has 0 aliphatic rings. The molecule has 10 nitrogen and oxygen atoms in total. The number of nitrogens with one attached hydrogen (secondary N) is 1. The van der Waals surface area contributed by atoms with Crippen molar-refractivity contribution < 1.29 is 29.1 Å². The van der Waals surface area contributed by atoms with Gasteiger partial charge < -0.3 is 18.6 Å². The molecule has 1 atom stereocenters. The number of esters is 2. The zero-order chi connectivity index (χ0) is 51.2. The van der Waals surface area contributed by atoms with Gasteiger partial charge in [-0.1, -0.05) is 87.5 Å². The van der Waals surface area contributed by atoms with Gasteiger partial charge in [-0.2, -0.15) is 10.2 Å². The van der Waals surface area contributed by atoms with Crippen molar-refractivity contribution in [1.82, 2.24) is 24.5 Å². The average Bonchev–Trinajstić information content (AvgIpc) is 4.02. The van der Waals surface area contributed by atoms with Crippen molar-refractivity contribution in [3.63, 3.8) is 0 Å². The number of allylic oxidation sites excluding steroid dienone is 2. The van der Waals surface area contributed by atoms with Gasteiger partial charge in [-0.25, -0.2) is 9.18 Å². The number of hydrogen-bond acceptors (Lipinski definition) is 7. The van der Waals surface area contributed by atoms with Crippen molar-refractivity contribution in [1.29, 1.82) is 0 Å². The Labute approximate surface area is 421 Å². The lowest BCUT2D eigenvalue weighted by atomic mass is 9.96. The van der Waals surface area contributed by atoms with Crippen molar-refractivity contribution >= 4 is 43.9 Å². The van der Waals surface area contributed by atoms with Crippen LogP contribution in [-0.4, -0.2) is 55.5 Å². The van der Waals surface area contributed by atoms with Gasteiger partial charge in [0.05, 0.1) is 43.4 Å². The molecular weight excluding hydrogens is 910 g/mol. The number of methoxy groups -OCH3 is 2. The maximum atomic E-state index is 14.9. The van der Waals surface area contributed by atoms with Gasteiger partial charge in [0.15, 0.2) is 0 Å². The molecule has 3 aromatic heterocycles. The minimum Gasteiger partial charge on any atom is -0.469 e. The van der Waals surface area contributed by atoms with Crippen LogP contribution < -0.4 is 4.18 Å². The van der Waals surface area contributed by atoms with Crippen molar-refractivity contribution in [2.24, 2.45) is 7.05 Å². The minimum absolute atomic E-state index is 0. The number of halogens is 1. The van der Waals surface area contributed by atoms with E-state index in [1.807, 2.05) is 74.4 Å². The lowest BCUT2D eigenvalue weighted by Crippen LogP contribution is -2.30. The van der Waals surface area contributed by atoms with E-state index in [1.54, 1.807) is 6.07 Å². The molecule has 0 radical (unpaired) electrons. The van der Waals surface area contributed by atoms with Gasteiger partial charge >= 0.3 is 11.9 Å². The number of aryl methyl sites for hydroxylation is 6. The Balaban J connectivity index is 0.00000279. The molecule has 0 bridgehead atoms. The Hall–Kier alpha value is -6.92. The lowest BCUT2D eigenvalue weighted by Gasteiger charge is -2.50. The molecule has 12 heteroatoms. The molecule has 0 fully saturated rings. The fourth-order valence-electron chi connectivity index (χ4n) is 9.44. The van der Waals surface area contributed by atoms with E-state index in [9.17, 15) is 14.0 Å². The Kier molecular flexibility index (Phi) is 16.1. The summed E-state index contributed by atoms with van der Waals surface area (Å²) >= 11 is 0. The standard InChI is InChI=1S/C57H62FN5O5S.C2H6.H2/c1-36(18-17-31-63-55(38(3)39(4)60-63)52-37(2)23-27-47-48(29-30-51(64)66-9)54(56(65)67-10)59-53(47)52)49-35-43(62(8)61-49)26-24-40-32-41-34-42(58)25-28-46(41)50(33-40)68-69(57(5,6)7,44-19-13-11-14-20-44)45-21-15-12-16-22-45;1-2;/h11-23,25,27-28,32-36,59H,24,26,29-31H2,1-10H3;1-2H3;1H/b18-17-;;. The van der Waals surface area contributed by atoms with E-state index in [2.05, 4.69) is 118 Å². The molecule has 0 saturated heterocycles. The summed E-state index contributed by atoms with van der Waals surface area (Å²) in [7, 11) is 2.56. The second-order valence-electron chi connectivity index (χ2n) is 18.7. The summed E-state index contributed by atoms with van der Waals surface area (Å²) in [6, 6.07) is 36.4. The van der Waals surface area contributed by atoms with E-state index in [-0.39, 0.29) is 30.3 Å². The molecule has 0 amide bonds. The fraction of sp³-hybridized carbons (Fsp3) is 0.322. The van der Waals surface area contributed by atoms with Gasteiger partial charge in [-0.3, -0.25) is 14.2 Å². The summed E-state index contributed by atoms with van der Waals surface area (Å²) in [4.78, 5) is 30.8. The summed E-state index contributed by atoms with van der Waals surface area (Å²) in [5.41, 5.74) is 9.74. The van der Waals surface area contributed by atoms with Gasteiger partial charge in [0.25, 0.3) is 0 Å². The first-order chi connectivity index (χ1) is 34.0. The second kappa shape index (κ2) is 22.0. The van der Waals surface area contributed by atoms with Crippen molar-refractivity contribution in [2.75, 3.05) is 14.2 Å². The molecule has 8 rings (SSSR count). The molecule has 0 saturated carbocycles. The normalized spacial score (nSPS) is 12.5. The van der Waals surface area contributed by atoms with E-state index in [0.717, 1.165) is 88.7 Å². The Morgan fingerprint density at radius 3 is 2.13 bits per heavy atom. The van der Waals surface area contributed by atoms with E-state index >= 15 is 0 Å².